The summed E-state index contributed by atoms with van der Waals surface area (Å²) in [6, 6.07) is 15.7. The molecule has 3 aromatic rings. The van der Waals surface area contributed by atoms with Crippen LogP contribution in [0.2, 0.25) is 5.15 Å². The van der Waals surface area contributed by atoms with Crippen LogP contribution in [0.1, 0.15) is 11.3 Å². The van der Waals surface area contributed by atoms with Gasteiger partial charge in [0.15, 0.2) is 5.15 Å². The fourth-order valence-corrected chi connectivity index (χ4v) is 2.43. The summed E-state index contributed by atoms with van der Waals surface area (Å²) in [6.45, 7) is 0.907. The van der Waals surface area contributed by atoms with Crippen LogP contribution >= 0.6 is 11.6 Å². The number of benzene rings is 2. The molecule has 0 aliphatic heterocycles. The van der Waals surface area contributed by atoms with Gasteiger partial charge in [-0.15, -0.1) is 5.10 Å². The maximum absolute atomic E-state index is 6.12. The summed E-state index contributed by atoms with van der Waals surface area (Å²) in [5, 5.41) is 10.2. The molecule has 0 amide bonds. The zero-order valence-electron chi connectivity index (χ0n) is 12.1. The third-order valence-corrected chi connectivity index (χ3v) is 3.65. The SMILES string of the molecule is COc1ccc2c(COCc3ccccc3)nnc(Cl)c2c1. The van der Waals surface area contributed by atoms with Gasteiger partial charge in [0, 0.05) is 10.8 Å². The molecular formula is C17H15ClN2O2. The molecule has 0 N–H and O–H groups in total. The fraction of sp³-hybridized carbons (Fsp3) is 0.176. The highest BCUT2D eigenvalue weighted by molar-refractivity contribution is 6.34. The Hall–Kier alpha value is -2.17. The maximum Gasteiger partial charge on any atom is 0.159 e. The molecule has 22 heavy (non-hydrogen) atoms. The minimum absolute atomic E-state index is 0.362. The molecule has 1 heterocycles. The number of ether oxygens (including phenoxy) is 2. The largest absolute Gasteiger partial charge is 0.497 e. The van der Waals surface area contributed by atoms with E-state index in [1.54, 1.807) is 7.11 Å². The van der Waals surface area contributed by atoms with E-state index >= 15 is 0 Å². The first-order chi connectivity index (χ1) is 10.8. The van der Waals surface area contributed by atoms with Gasteiger partial charge in [-0.3, -0.25) is 0 Å². The average molecular weight is 315 g/mol. The van der Waals surface area contributed by atoms with Crippen LogP contribution < -0.4 is 4.74 Å². The van der Waals surface area contributed by atoms with E-state index in [0.29, 0.717) is 18.4 Å². The number of fused-ring (bicyclic) bond motifs is 1. The Kier molecular flexibility index (Phi) is 4.51. The van der Waals surface area contributed by atoms with Crippen LogP contribution in [0.5, 0.6) is 5.75 Å². The lowest BCUT2D eigenvalue weighted by Crippen LogP contribution is -2.00. The van der Waals surface area contributed by atoms with Crippen LogP contribution in [0.25, 0.3) is 10.8 Å². The van der Waals surface area contributed by atoms with Gasteiger partial charge in [0.2, 0.25) is 0 Å². The molecule has 0 atom stereocenters. The zero-order chi connectivity index (χ0) is 15.4. The van der Waals surface area contributed by atoms with Gasteiger partial charge >= 0.3 is 0 Å². The first-order valence-electron chi connectivity index (χ1n) is 6.88. The number of hydrogen-bond acceptors (Lipinski definition) is 4. The molecule has 0 saturated carbocycles. The van der Waals surface area contributed by atoms with E-state index in [4.69, 9.17) is 21.1 Å². The molecule has 1 aromatic heterocycles. The minimum Gasteiger partial charge on any atom is -0.497 e. The molecule has 5 heteroatoms. The van der Waals surface area contributed by atoms with E-state index in [1.165, 1.54) is 0 Å². The summed E-state index contributed by atoms with van der Waals surface area (Å²) in [7, 11) is 1.62. The molecule has 0 aliphatic carbocycles. The van der Waals surface area contributed by atoms with Gasteiger partial charge in [-0.1, -0.05) is 41.9 Å². The minimum atomic E-state index is 0.362. The lowest BCUT2D eigenvalue weighted by molar-refractivity contribution is 0.105. The van der Waals surface area contributed by atoms with Crippen LogP contribution in [0.15, 0.2) is 48.5 Å². The normalized spacial score (nSPS) is 10.8. The van der Waals surface area contributed by atoms with E-state index in [1.807, 2.05) is 48.5 Å². The third kappa shape index (κ3) is 3.18. The van der Waals surface area contributed by atoms with Crippen molar-refractivity contribution in [3.05, 3.63) is 64.9 Å². The van der Waals surface area contributed by atoms with Crippen LogP contribution in [0.3, 0.4) is 0 Å². The van der Waals surface area contributed by atoms with Crippen LogP contribution in [-0.4, -0.2) is 17.3 Å². The topological polar surface area (TPSA) is 44.2 Å². The molecular weight excluding hydrogens is 300 g/mol. The molecule has 0 bridgehead atoms. The Labute approximate surface area is 133 Å². The molecule has 0 fully saturated rings. The van der Waals surface area contributed by atoms with Gasteiger partial charge in [0.1, 0.15) is 5.75 Å². The first-order valence-corrected chi connectivity index (χ1v) is 7.26. The summed E-state index contributed by atoms with van der Waals surface area (Å²) >= 11 is 6.12. The monoisotopic (exact) mass is 314 g/mol. The van der Waals surface area contributed by atoms with Crippen LogP contribution in [-0.2, 0) is 18.0 Å². The van der Waals surface area contributed by atoms with Crippen LogP contribution in [0, 0.1) is 0 Å². The van der Waals surface area contributed by atoms with Gasteiger partial charge in [0.05, 0.1) is 26.0 Å². The van der Waals surface area contributed by atoms with Gasteiger partial charge in [-0.05, 0) is 23.8 Å². The van der Waals surface area contributed by atoms with Crippen molar-refractivity contribution in [1.82, 2.24) is 10.2 Å². The highest BCUT2D eigenvalue weighted by Gasteiger charge is 2.09. The highest BCUT2D eigenvalue weighted by atomic mass is 35.5. The number of hydrogen-bond donors (Lipinski definition) is 0. The number of rotatable bonds is 5. The third-order valence-electron chi connectivity index (χ3n) is 3.37. The average Bonchev–Trinajstić information content (AvgIpc) is 2.57. The van der Waals surface area contributed by atoms with Crippen molar-refractivity contribution in [2.75, 3.05) is 7.11 Å². The zero-order valence-corrected chi connectivity index (χ0v) is 12.9. The maximum atomic E-state index is 6.12. The Morgan fingerprint density at radius 1 is 0.955 bits per heavy atom. The Bertz CT molecular complexity index is 778. The molecule has 2 aromatic carbocycles. The second kappa shape index (κ2) is 6.73. The molecule has 0 aliphatic rings. The summed E-state index contributed by atoms with van der Waals surface area (Å²) in [5.74, 6) is 0.735. The second-order valence-corrected chi connectivity index (χ2v) is 5.19. The van der Waals surface area contributed by atoms with Crippen molar-refractivity contribution in [3.8, 4) is 5.75 Å². The smallest absolute Gasteiger partial charge is 0.159 e. The molecule has 4 nitrogen and oxygen atoms in total. The van der Waals surface area contributed by atoms with Gasteiger partial charge in [0.25, 0.3) is 0 Å². The van der Waals surface area contributed by atoms with Gasteiger partial charge in [-0.25, -0.2) is 0 Å². The Balaban J connectivity index is 1.80. The van der Waals surface area contributed by atoms with Crippen LogP contribution in [0.4, 0.5) is 0 Å². The molecule has 0 unspecified atom stereocenters. The van der Waals surface area contributed by atoms with E-state index < -0.39 is 0 Å². The molecule has 0 radical (unpaired) electrons. The molecule has 0 saturated heterocycles. The van der Waals surface area contributed by atoms with E-state index in [0.717, 1.165) is 27.8 Å². The number of nitrogens with zero attached hydrogens (tertiary/aromatic N) is 2. The second-order valence-electron chi connectivity index (χ2n) is 4.83. The van der Waals surface area contributed by atoms with Crippen molar-refractivity contribution in [3.63, 3.8) is 0 Å². The molecule has 0 spiro atoms. The first kappa shape index (κ1) is 14.8. The summed E-state index contributed by atoms with van der Waals surface area (Å²) < 4.78 is 11.0. The van der Waals surface area contributed by atoms with E-state index in [2.05, 4.69) is 10.2 Å². The predicted molar refractivity (Wildman–Crippen MR) is 86.0 cm³/mol. The number of aromatic nitrogens is 2. The van der Waals surface area contributed by atoms with Gasteiger partial charge < -0.3 is 9.47 Å². The number of halogens is 1. The standard InChI is InChI=1S/C17H15ClN2O2/c1-21-13-7-8-14-15(9-13)17(18)20-19-16(14)11-22-10-12-5-3-2-4-6-12/h2-9H,10-11H2,1H3. The lowest BCUT2D eigenvalue weighted by Gasteiger charge is -2.08. The summed E-state index contributed by atoms with van der Waals surface area (Å²) in [4.78, 5) is 0. The van der Waals surface area contributed by atoms with Crippen molar-refractivity contribution < 1.29 is 9.47 Å². The summed E-state index contributed by atoms with van der Waals surface area (Å²) in [5.41, 5.74) is 1.88. The van der Waals surface area contributed by atoms with E-state index in [-0.39, 0.29) is 0 Å². The van der Waals surface area contributed by atoms with Crippen molar-refractivity contribution in [2.45, 2.75) is 13.2 Å². The fourth-order valence-electron chi connectivity index (χ4n) is 2.23. The highest BCUT2D eigenvalue weighted by Crippen LogP contribution is 2.27. The lowest BCUT2D eigenvalue weighted by atomic mass is 10.1. The Morgan fingerprint density at radius 3 is 2.55 bits per heavy atom. The predicted octanol–water partition coefficient (Wildman–Crippen LogP) is 4.01. The molecule has 3 rings (SSSR count). The van der Waals surface area contributed by atoms with Crippen molar-refractivity contribution in [2.24, 2.45) is 0 Å². The van der Waals surface area contributed by atoms with Crippen molar-refractivity contribution in [1.29, 1.82) is 0 Å². The Morgan fingerprint density at radius 2 is 1.77 bits per heavy atom. The van der Waals surface area contributed by atoms with Crippen molar-refractivity contribution >= 4 is 22.4 Å². The quantitative estimate of drug-likeness (QED) is 0.714. The molecule has 112 valence electrons. The summed E-state index contributed by atoms with van der Waals surface area (Å²) in [6.07, 6.45) is 0. The van der Waals surface area contributed by atoms with E-state index in [9.17, 15) is 0 Å². The number of methoxy groups -OCH3 is 1. The van der Waals surface area contributed by atoms with Gasteiger partial charge in [-0.2, -0.15) is 5.10 Å².